The van der Waals surface area contributed by atoms with E-state index in [2.05, 4.69) is 0 Å². The Bertz CT molecular complexity index is 537. The third kappa shape index (κ3) is 3.29. The van der Waals surface area contributed by atoms with E-state index in [1.54, 1.807) is 24.3 Å². The maximum absolute atomic E-state index is 9.84. The summed E-state index contributed by atoms with van der Waals surface area (Å²) in [6.07, 6.45) is 0.898. The van der Waals surface area contributed by atoms with Crippen LogP contribution in [0.25, 0.3) is 0 Å². The second-order valence-electron chi connectivity index (χ2n) is 5.18. The molecule has 106 valence electrons. The minimum absolute atomic E-state index is 0.216. The standard InChI is InChI=1S/C16H20N2O2/c17-11-16(18,9-12-5-1-3-7-14(12)19)10-13-6-2-4-8-15(13)20/h1-8,19-20H,9-11,17-18H2. The van der Waals surface area contributed by atoms with Crippen LogP contribution >= 0.6 is 0 Å². The van der Waals surface area contributed by atoms with Crippen molar-refractivity contribution >= 4 is 0 Å². The van der Waals surface area contributed by atoms with Gasteiger partial charge in [-0.15, -0.1) is 0 Å². The average Bonchev–Trinajstić information content (AvgIpc) is 2.44. The van der Waals surface area contributed by atoms with Crippen LogP contribution in [-0.4, -0.2) is 22.3 Å². The van der Waals surface area contributed by atoms with Gasteiger partial charge >= 0.3 is 0 Å². The van der Waals surface area contributed by atoms with Gasteiger partial charge in [0, 0.05) is 12.1 Å². The summed E-state index contributed by atoms with van der Waals surface area (Å²) >= 11 is 0. The second kappa shape index (κ2) is 5.94. The Kier molecular flexibility index (Phi) is 4.27. The fourth-order valence-corrected chi connectivity index (χ4v) is 2.29. The van der Waals surface area contributed by atoms with Crippen molar-refractivity contribution in [3.05, 3.63) is 59.7 Å². The number of nitrogens with two attached hydrogens (primary N) is 2. The third-order valence-corrected chi connectivity index (χ3v) is 3.47. The minimum Gasteiger partial charge on any atom is -0.508 e. The zero-order valence-electron chi connectivity index (χ0n) is 11.3. The Balaban J connectivity index is 2.22. The summed E-state index contributed by atoms with van der Waals surface area (Å²) in [5.41, 5.74) is 13.0. The summed E-state index contributed by atoms with van der Waals surface area (Å²) < 4.78 is 0. The Morgan fingerprint density at radius 3 is 1.55 bits per heavy atom. The first-order valence-corrected chi connectivity index (χ1v) is 6.57. The highest BCUT2D eigenvalue weighted by atomic mass is 16.3. The number of phenolic OH excluding ortho intramolecular Hbond substituents is 2. The molecule has 0 bridgehead atoms. The zero-order chi connectivity index (χ0) is 14.6. The maximum Gasteiger partial charge on any atom is 0.118 e. The van der Waals surface area contributed by atoms with E-state index >= 15 is 0 Å². The van der Waals surface area contributed by atoms with E-state index in [0.717, 1.165) is 11.1 Å². The van der Waals surface area contributed by atoms with E-state index < -0.39 is 5.54 Å². The molecule has 2 aromatic carbocycles. The molecule has 2 aromatic rings. The summed E-state index contributed by atoms with van der Waals surface area (Å²) in [5, 5.41) is 19.7. The molecular formula is C16H20N2O2. The molecule has 4 nitrogen and oxygen atoms in total. The normalized spacial score (nSPS) is 11.5. The van der Waals surface area contributed by atoms with Gasteiger partial charge in [0.25, 0.3) is 0 Å². The van der Waals surface area contributed by atoms with Crippen LogP contribution in [0, 0.1) is 0 Å². The van der Waals surface area contributed by atoms with Gasteiger partial charge in [-0.05, 0) is 36.1 Å². The summed E-state index contributed by atoms with van der Waals surface area (Å²) in [4.78, 5) is 0. The first-order valence-electron chi connectivity index (χ1n) is 6.57. The molecule has 4 heteroatoms. The monoisotopic (exact) mass is 272 g/mol. The van der Waals surface area contributed by atoms with Crippen molar-refractivity contribution in [2.24, 2.45) is 11.5 Å². The van der Waals surface area contributed by atoms with Crippen molar-refractivity contribution in [2.75, 3.05) is 6.54 Å². The van der Waals surface area contributed by atoms with Crippen molar-refractivity contribution in [3.63, 3.8) is 0 Å². The second-order valence-corrected chi connectivity index (χ2v) is 5.18. The fraction of sp³-hybridized carbons (Fsp3) is 0.250. The van der Waals surface area contributed by atoms with Crippen LogP contribution in [0.5, 0.6) is 11.5 Å². The lowest BCUT2D eigenvalue weighted by Crippen LogP contribution is -2.50. The zero-order valence-corrected chi connectivity index (χ0v) is 11.3. The molecule has 0 atom stereocenters. The summed E-state index contributed by atoms with van der Waals surface area (Å²) in [6, 6.07) is 14.2. The first kappa shape index (κ1) is 14.4. The Morgan fingerprint density at radius 2 is 1.20 bits per heavy atom. The first-order chi connectivity index (χ1) is 9.54. The molecule has 0 unspecified atom stereocenters. The Hall–Kier alpha value is -2.04. The van der Waals surface area contributed by atoms with Gasteiger partial charge in [-0.3, -0.25) is 0 Å². The molecule has 0 fully saturated rings. The van der Waals surface area contributed by atoms with Gasteiger partial charge in [-0.25, -0.2) is 0 Å². The third-order valence-electron chi connectivity index (χ3n) is 3.47. The van der Waals surface area contributed by atoms with Crippen molar-refractivity contribution in [3.8, 4) is 11.5 Å². The number of rotatable bonds is 5. The lowest BCUT2D eigenvalue weighted by atomic mass is 9.85. The minimum atomic E-state index is -0.711. The Labute approximate surface area is 118 Å². The Morgan fingerprint density at radius 1 is 0.800 bits per heavy atom. The number of hydrogen-bond acceptors (Lipinski definition) is 4. The number of aromatic hydroxyl groups is 2. The molecule has 20 heavy (non-hydrogen) atoms. The largest absolute Gasteiger partial charge is 0.508 e. The summed E-state index contributed by atoms with van der Waals surface area (Å²) in [5.74, 6) is 0.432. The summed E-state index contributed by atoms with van der Waals surface area (Å²) in [7, 11) is 0. The van der Waals surface area contributed by atoms with Crippen molar-refractivity contribution in [1.82, 2.24) is 0 Å². The molecule has 0 aromatic heterocycles. The van der Waals surface area contributed by atoms with Crippen LogP contribution in [0.15, 0.2) is 48.5 Å². The molecule has 0 aliphatic carbocycles. The van der Waals surface area contributed by atoms with Gasteiger partial charge in [-0.2, -0.15) is 0 Å². The molecule has 0 heterocycles. The van der Waals surface area contributed by atoms with Crippen LogP contribution in [0.1, 0.15) is 11.1 Å². The highest BCUT2D eigenvalue weighted by Gasteiger charge is 2.26. The van der Waals surface area contributed by atoms with Crippen LogP contribution in [0.4, 0.5) is 0 Å². The topological polar surface area (TPSA) is 92.5 Å². The number of benzene rings is 2. The molecule has 0 amide bonds. The molecule has 0 spiro atoms. The van der Waals surface area contributed by atoms with Gasteiger partial charge in [0.05, 0.1) is 0 Å². The highest BCUT2D eigenvalue weighted by molar-refractivity contribution is 5.36. The predicted molar refractivity (Wildman–Crippen MR) is 79.6 cm³/mol. The van der Waals surface area contributed by atoms with E-state index in [4.69, 9.17) is 11.5 Å². The molecule has 0 aliphatic rings. The number of hydrogen-bond donors (Lipinski definition) is 4. The van der Waals surface area contributed by atoms with Crippen molar-refractivity contribution in [1.29, 1.82) is 0 Å². The SMILES string of the molecule is NCC(N)(Cc1ccccc1O)Cc1ccccc1O. The molecule has 0 aliphatic heterocycles. The van der Waals surface area contributed by atoms with E-state index in [0.29, 0.717) is 12.8 Å². The highest BCUT2D eigenvalue weighted by Crippen LogP contribution is 2.25. The summed E-state index contributed by atoms with van der Waals surface area (Å²) in [6.45, 7) is 0.260. The molecule has 0 saturated heterocycles. The fourth-order valence-electron chi connectivity index (χ4n) is 2.29. The molecule has 2 rings (SSSR count). The van der Waals surface area contributed by atoms with Crippen molar-refractivity contribution < 1.29 is 10.2 Å². The van der Waals surface area contributed by atoms with Gasteiger partial charge in [0.1, 0.15) is 11.5 Å². The molecular weight excluding hydrogens is 252 g/mol. The van der Waals surface area contributed by atoms with Gasteiger partial charge < -0.3 is 21.7 Å². The van der Waals surface area contributed by atoms with Gasteiger partial charge in [-0.1, -0.05) is 36.4 Å². The smallest absolute Gasteiger partial charge is 0.118 e. The van der Waals surface area contributed by atoms with Crippen LogP contribution in [0.2, 0.25) is 0 Å². The maximum atomic E-state index is 9.84. The predicted octanol–water partition coefficient (Wildman–Crippen LogP) is 1.54. The average molecular weight is 272 g/mol. The van der Waals surface area contributed by atoms with Crippen LogP contribution in [0.3, 0.4) is 0 Å². The van der Waals surface area contributed by atoms with E-state index in [1.165, 1.54) is 0 Å². The quantitative estimate of drug-likeness (QED) is 0.664. The molecule has 6 N–H and O–H groups in total. The molecule has 0 saturated carbocycles. The van der Waals surface area contributed by atoms with Gasteiger partial charge in [0.15, 0.2) is 0 Å². The number of para-hydroxylation sites is 2. The van der Waals surface area contributed by atoms with Crippen LogP contribution < -0.4 is 11.5 Å². The van der Waals surface area contributed by atoms with E-state index in [9.17, 15) is 10.2 Å². The van der Waals surface area contributed by atoms with E-state index in [1.807, 2.05) is 24.3 Å². The van der Waals surface area contributed by atoms with Gasteiger partial charge in [0.2, 0.25) is 0 Å². The lowest BCUT2D eigenvalue weighted by Gasteiger charge is -2.29. The lowest BCUT2D eigenvalue weighted by molar-refractivity contribution is 0.400. The number of phenols is 2. The van der Waals surface area contributed by atoms with E-state index in [-0.39, 0.29) is 18.0 Å². The van der Waals surface area contributed by atoms with Crippen molar-refractivity contribution in [2.45, 2.75) is 18.4 Å². The van der Waals surface area contributed by atoms with Crippen LogP contribution in [-0.2, 0) is 12.8 Å². The molecule has 0 radical (unpaired) electrons.